The van der Waals surface area contributed by atoms with Gasteiger partial charge in [0.1, 0.15) is 18.1 Å². The van der Waals surface area contributed by atoms with E-state index in [4.69, 9.17) is 33.5 Å². The minimum Gasteiger partial charge on any atom is -0.504 e. The van der Waals surface area contributed by atoms with E-state index in [1.165, 1.54) is 0 Å². The van der Waals surface area contributed by atoms with Gasteiger partial charge in [0.2, 0.25) is 5.75 Å². The third-order valence-corrected chi connectivity index (χ3v) is 7.88. The Hall–Kier alpha value is -2.87. The lowest BCUT2D eigenvalue weighted by molar-refractivity contribution is -0.216. The zero-order valence-electron chi connectivity index (χ0n) is 21.8. The summed E-state index contributed by atoms with van der Waals surface area (Å²) in [5.74, 6) is 1.68. The second-order valence-corrected chi connectivity index (χ2v) is 10.0. The van der Waals surface area contributed by atoms with Gasteiger partial charge in [-0.15, -0.1) is 0 Å². The molecule has 3 aromatic rings. The van der Waals surface area contributed by atoms with Crippen molar-refractivity contribution < 1.29 is 38.6 Å². The molecule has 9 heteroatoms. The molecule has 0 atom stereocenters. The van der Waals surface area contributed by atoms with E-state index >= 15 is 0 Å². The molecule has 0 aliphatic carbocycles. The summed E-state index contributed by atoms with van der Waals surface area (Å²) in [6.45, 7) is 4.45. The molecule has 0 unspecified atom stereocenters. The highest BCUT2D eigenvalue weighted by atomic mass is 31.1. The Bertz CT molecular complexity index is 1060. The first-order chi connectivity index (χ1) is 18.1. The van der Waals surface area contributed by atoms with Crippen LogP contribution in [-0.2, 0) is 19.1 Å². The van der Waals surface area contributed by atoms with Crippen molar-refractivity contribution in [3.63, 3.8) is 0 Å². The van der Waals surface area contributed by atoms with Crippen LogP contribution in [0.1, 0.15) is 5.56 Å². The van der Waals surface area contributed by atoms with Crippen LogP contribution < -0.4 is 30.3 Å². The van der Waals surface area contributed by atoms with Crippen molar-refractivity contribution in [1.82, 2.24) is 0 Å². The van der Waals surface area contributed by atoms with Crippen LogP contribution in [-0.4, -0.2) is 66.1 Å². The largest absolute Gasteiger partial charge is 0.504 e. The molecular weight excluding hydrogens is 495 g/mol. The Morgan fingerprint density at radius 2 is 1.19 bits per heavy atom. The average Bonchev–Trinajstić information content (AvgIpc) is 2.92. The van der Waals surface area contributed by atoms with Crippen molar-refractivity contribution >= 4 is 23.8 Å². The van der Waals surface area contributed by atoms with Crippen LogP contribution in [0.5, 0.6) is 23.0 Å². The number of para-hydroxylation sites is 2. The molecule has 3 aromatic carbocycles. The summed E-state index contributed by atoms with van der Waals surface area (Å²) in [4.78, 5) is 10.9. The molecule has 0 fully saturated rings. The summed E-state index contributed by atoms with van der Waals surface area (Å²) in [6, 6.07) is 19.3. The van der Waals surface area contributed by atoms with Crippen LogP contribution in [0.25, 0.3) is 0 Å². The molecule has 0 saturated carbocycles. The van der Waals surface area contributed by atoms with Gasteiger partial charge in [-0.2, -0.15) is 4.89 Å². The van der Waals surface area contributed by atoms with E-state index in [9.17, 15) is 5.11 Å². The monoisotopic (exact) mass is 530 g/mol. The van der Waals surface area contributed by atoms with Gasteiger partial charge in [-0.1, -0.05) is 36.4 Å². The lowest BCUT2D eigenvalue weighted by Gasteiger charge is -2.24. The van der Waals surface area contributed by atoms with Crippen LogP contribution in [0.3, 0.4) is 0 Å². The van der Waals surface area contributed by atoms with Crippen LogP contribution in [0.2, 0.25) is 0 Å². The number of ether oxygens (including phenoxy) is 5. The third-order valence-electron chi connectivity index (χ3n) is 5.36. The number of benzene rings is 3. The second-order valence-electron chi connectivity index (χ2n) is 7.93. The van der Waals surface area contributed by atoms with Crippen LogP contribution >= 0.6 is 7.92 Å². The molecular formula is C28H35O8P. The molecule has 37 heavy (non-hydrogen) atoms. The van der Waals surface area contributed by atoms with Gasteiger partial charge in [-0.3, -0.25) is 0 Å². The summed E-state index contributed by atoms with van der Waals surface area (Å²) < 4.78 is 27.1. The van der Waals surface area contributed by atoms with E-state index in [-0.39, 0.29) is 18.1 Å². The summed E-state index contributed by atoms with van der Waals surface area (Å²) in [6.07, 6.45) is 0. The van der Waals surface area contributed by atoms with Crippen molar-refractivity contribution in [2.45, 2.75) is 6.92 Å². The lowest BCUT2D eigenvalue weighted by atomic mass is 10.2. The second kappa shape index (κ2) is 15.4. The SMILES string of the molecule is COCCOCCOCCOOc1cc(C)cc(P(c2ccccc2OC)c2ccccc2OC)c1O. The minimum absolute atomic E-state index is 0.000912. The van der Waals surface area contributed by atoms with Crippen LogP contribution in [0, 0.1) is 6.92 Å². The molecule has 0 bridgehead atoms. The van der Waals surface area contributed by atoms with Gasteiger partial charge >= 0.3 is 0 Å². The number of methoxy groups -OCH3 is 3. The van der Waals surface area contributed by atoms with Crippen LogP contribution in [0.15, 0.2) is 60.7 Å². The highest BCUT2D eigenvalue weighted by Gasteiger charge is 2.27. The Labute approximate surface area is 219 Å². The Kier molecular flexibility index (Phi) is 11.9. The van der Waals surface area contributed by atoms with Gasteiger partial charge in [0.05, 0.1) is 47.3 Å². The summed E-state index contributed by atoms with van der Waals surface area (Å²) in [7, 11) is 3.64. The molecule has 8 nitrogen and oxygen atoms in total. The minimum atomic E-state index is -1.27. The zero-order valence-corrected chi connectivity index (χ0v) is 22.7. The highest BCUT2D eigenvalue weighted by molar-refractivity contribution is 7.80. The van der Waals surface area contributed by atoms with Crippen molar-refractivity contribution in [3.8, 4) is 23.0 Å². The standard InChI is InChI=1S/C28H35O8P/c1-21-19-24(36-35-18-17-34-16-15-33-14-13-30-2)28(29)27(20-21)37(25-11-7-5-9-22(25)31-3)26-12-8-6-10-23(26)32-4/h5-12,19-20,29H,13-18H2,1-4H3. The highest BCUT2D eigenvalue weighted by Crippen LogP contribution is 2.44. The first-order valence-corrected chi connectivity index (χ1v) is 13.3. The molecule has 0 amide bonds. The van der Waals surface area contributed by atoms with Crippen LogP contribution in [0.4, 0.5) is 0 Å². The van der Waals surface area contributed by atoms with E-state index < -0.39 is 7.92 Å². The maximum absolute atomic E-state index is 11.3. The number of phenols is 1. The van der Waals surface area contributed by atoms with E-state index in [1.54, 1.807) is 27.4 Å². The summed E-state index contributed by atoms with van der Waals surface area (Å²) in [5.41, 5.74) is 0.910. The first-order valence-electron chi connectivity index (χ1n) is 11.9. The number of hydrogen-bond donors (Lipinski definition) is 1. The number of phenolic OH excluding ortho intramolecular Hbond substituents is 1. The molecule has 0 radical (unpaired) electrons. The summed E-state index contributed by atoms with van der Waals surface area (Å²) in [5, 5.41) is 13.9. The molecule has 0 aliphatic rings. The smallest absolute Gasteiger partial charge is 0.207 e. The van der Waals surface area contributed by atoms with Gasteiger partial charge in [-0.05, 0) is 44.7 Å². The van der Waals surface area contributed by atoms with E-state index in [0.717, 1.165) is 27.7 Å². The number of hydrogen-bond acceptors (Lipinski definition) is 8. The number of aryl methyl sites for hydroxylation is 1. The molecule has 0 heterocycles. The predicted molar refractivity (Wildman–Crippen MR) is 145 cm³/mol. The Balaban J connectivity index is 1.80. The molecule has 200 valence electrons. The fraction of sp³-hybridized carbons (Fsp3) is 0.357. The zero-order chi connectivity index (χ0) is 26.5. The summed E-state index contributed by atoms with van der Waals surface area (Å²) >= 11 is 0. The molecule has 3 rings (SSSR count). The lowest BCUT2D eigenvalue weighted by Crippen LogP contribution is -2.24. The molecule has 0 saturated heterocycles. The number of rotatable bonds is 16. The Morgan fingerprint density at radius 3 is 1.76 bits per heavy atom. The van der Waals surface area contributed by atoms with Crippen molar-refractivity contribution in [2.75, 3.05) is 61.0 Å². The van der Waals surface area contributed by atoms with E-state index in [2.05, 4.69) is 0 Å². The van der Waals surface area contributed by atoms with Gasteiger partial charge in [0.15, 0.2) is 5.75 Å². The maximum atomic E-state index is 11.3. The van der Waals surface area contributed by atoms with Crippen molar-refractivity contribution in [2.24, 2.45) is 0 Å². The first kappa shape index (κ1) is 28.7. The normalized spacial score (nSPS) is 11.1. The fourth-order valence-electron chi connectivity index (χ4n) is 3.64. The third kappa shape index (κ3) is 8.06. The van der Waals surface area contributed by atoms with Crippen molar-refractivity contribution in [1.29, 1.82) is 0 Å². The van der Waals surface area contributed by atoms with Gasteiger partial charge in [0, 0.05) is 23.0 Å². The molecule has 0 aliphatic heterocycles. The maximum Gasteiger partial charge on any atom is 0.207 e. The van der Waals surface area contributed by atoms with E-state index in [1.807, 2.05) is 61.5 Å². The Morgan fingerprint density at radius 1 is 0.649 bits per heavy atom. The fourth-order valence-corrected chi connectivity index (χ4v) is 6.32. The van der Waals surface area contributed by atoms with Gasteiger partial charge in [0.25, 0.3) is 0 Å². The topological polar surface area (TPSA) is 84.8 Å². The molecule has 1 N–H and O–H groups in total. The number of aromatic hydroxyl groups is 1. The van der Waals surface area contributed by atoms with E-state index in [0.29, 0.717) is 38.3 Å². The average molecular weight is 531 g/mol. The molecule has 0 aromatic heterocycles. The molecule has 0 spiro atoms. The van der Waals surface area contributed by atoms with Gasteiger partial charge in [-0.25, -0.2) is 0 Å². The predicted octanol–water partition coefficient (Wildman–Crippen LogP) is 3.47. The van der Waals surface area contributed by atoms with Gasteiger partial charge < -0.3 is 33.7 Å². The van der Waals surface area contributed by atoms with Crippen molar-refractivity contribution in [3.05, 3.63) is 66.2 Å². The quantitative estimate of drug-likeness (QED) is 0.131.